The monoisotopic (exact) mass is 618 g/mol. The number of hydrogen-bond acceptors (Lipinski definition) is 6. The first-order chi connectivity index (χ1) is 22.4. The van der Waals surface area contributed by atoms with Crippen LogP contribution in [0.5, 0.6) is 17.5 Å². The van der Waals surface area contributed by atoms with Gasteiger partial charge >= 0.3 is 6.09 Å². The number of rotatable bonds is 9. The van der Waals surface area contributed by atoms with E-state index in [2.05, 4.69) is 13.0 Å². The lowest BCUT2D eigenvalue weighted by atomic mass is 9.64. The van der Waals surface area contributed by atoms with E-state index < -0.39 is 6.09 Å². The van der Waals surface area contributed by atoms with E-state index in [1.807, 2.05) is 96.7 Å². The largest absolute Gasteiger partial charge is 0.490 e. The first-order valence-corrected chi connectivity index (χ1v) is 15.8. The average molecular weight is 619 g/mol. The van der Waals surface area contributed by atoms with E-state index >= 15 is 0 Å². The second-order valence-corrected chi connectivity index (χ2v) is 12.7. The number of amides is 1. The lowest BCUT2D eigenvalue weighted by Gasteiger charge is -2.53. The zero-order valence-corrected chi connectivity index (χ0v) is 26.1. The summed E-state index contributed by atoms with van der Waals surface area (Å²) in [6.45, 7) is 4.25. The van der Waals surface area contributed by atoms with Crippen molar-refractivity contribution in [2.45, 2.75) is 45.5 Å². The van der Waals surface area contributed by atoms with Crippen molar-refractivity contribution in [1.82, 2.24) is 19.7 Å². The number of aromatic nitrogens is 3. The number of carboxylic acid groups (broad SMARTS) is 1. The predicted octanol–water partition coefficient (Wildman–Crippen LogP) is 7.34. The van der Waals surface area contributed by atoms with Gasteiger partial charge in [0, 0.05) is 43.1 Å². The number of pyridine rings is 1. The van der Waals surface area contributed by atoms with Gasteiger partial charge in [-0.15, -0.1) is 0 Å². The molecule has 0 bridgehead atoms. The molecule has 3 heterocycles. The zero-order chi connectivity index (χ0) is 31.7. The van der Waals surface area contributed by atoms with Gasteiger partial charge in [0.25, 0.3) is 0 Å². The molecule has 1 saturated heterocycles. The number of fused-ring (bicyclic) bond motifs is 1. The van der Waals surface area contributed by atoms with Gasteiger partial charge in [0.05, 0.1) is 11.1 Å². The summed E-state index contributed by atoms with van der Waals surface area (Å²) in [5, 5.41) is 15.2. The van der Waals surface area contributed by atoms with Crippen molar-refractivity contribution >= 4 is 17.0 Å². The van der Waals surface area contributed by atoms with Crippen LogP contribution in [-0.2, 0) is 20.3 Å². The topological polar surface area (TPSA) is 98.9 Å². The third-order valence-electron chi connectivity index (χ3n) is 9.32. The smallest absolute Gasteiger partial charge is 0.407 e. The number of hydrogen-bond donors (Lipinski definition) is 1. The van der Waals surface area contributed by atoms with Crippen molar-refractivity contribution in [3.63, 3.8) is 0 Å². The summed E-state index contributed by atoms with van der Waals surface area (Å²) in [7, 11) is 1.93. The Morgan fingerprint density at radius 3 is 2.30 bits per heavy atom. The maximum absolute atomic E-state index is 11.3. The Morgan fingerprint density at radius 1 is 0.935 bits per heavy atom. The minimum atomic E-state index is -0.821. The molecule has 1 spiro atoms. The van der Waals surface area contributed by atoms with Gasteiger partial charge in [0.1, 0.15) is 30.8 Å². The molecule has 1 amide bonds. The Labute approximate surface area is 268 Å². The van der Waals surface area contributed by atoms with Gasteiger partial charge in [-0.2, -0.15) is 10.1 Å². The fraction of sp³-hybridized carbons (Fsp3) is 0.324. The fourth-order valence-corrected chi connectivity index (χ4v) is 6.95. The molecule has 236 valence electrons. The summed E-state index contributed by atoms with van der Waals surface area (Å²) < 4.78 is 20.8. The van der Waals surface area contributed by atoms with Crippen LogP contribution in [-0.4, -0.2) is 50.1 Å². The quantitative estimate of drug-likeness (QED) is 0.185. The summed E-state index contributed by atoms with van der Waals surface area (Å²) in [4.78, 5) is 17.6. The minimum absolute atomic E-state index is 0.0836. The van der Waals surface area contributed by atoms with E-state index in [0.29, 0.717) is 44.0 Å². The maximum Gasteiger partial charge on any atom is 0.407 e. The van der Waals surface area contributed by atoms with Crippen LogP contribution in [0.4, 0.5) is 4.79 Å². The molecule has 9 nitrogen and oxygen atoms in total. The third kappa shape index (κ3) is 6.09. The van der Waals surface area contributed by atoms with Crippen LogP contribution in [0.15, 0.2) is 91.0 Å². The summed E-state index contributed by atoms with van der Waals surface area (Å²) >= 11 is 0. The van der Waals surface area contributed by atoms with E-state index in [-0.39, 0.29) is 11.5 Å². The number of nitrogens with zero attached hydrogens (tertiary/aromatic N) is 4. The van der Waals surface area contributed by atoms with Crippen LogP contribution in [0.25, 0.3) is 22.2 Å². The molecule has 1 saturated carbocycles. The summed E-state index contributed by atoms with van der Waals surface area (Å²) in [5.41, 5.74) is 4.71. The molecular formula is C37H38N4O5. The Kier molecular flexibility index (Phi) is 7.98. The van der Waals surface area contributed by atoms with Gasteiger partial charge in [0.2, 0.25) is 11.8 Å². The summed E-state index contributed by atoms with van der Waals surface area (Å²) in [6, 6.07) is 30.0. The minimum Gasteiger partial charge on any atom is -0.490 e. The third-order valence-corrected chi connectivity index (χ3v) is 9.32. The van der Waals surface area contributed by atoms with Crippen molar-refractivity contribution in [3.8, 4) is 28.8 Å². The molecule has 46 heavy (non-hydrogen) atoms. The van der Waals surface area contributed by atoms with Crippen molar-refractivity contribution in [2.75, 3.05) is 13.1 Å². The molecule has 2 aromatic heterocycles. The number of aryl methyl sites for hydroxylation is 1. The van der Waals surface area contributed by atoms with Crippen molar-refractivity contribution in [3.05, 3.63) is 102 Å². The molecule has 2 fully saturated rings. The molecule has 2 aliphatic rings. The number of likely N-dealkylation sites (tertiary alicyclic amines) is 1. The molecule has 1 N–H and O–H groups in total. The van der Waals surface area contributed by atoms with Crippen LogP contribution in [0, 0.1) is 11.3 Å². The lowest BCUT2D eigenvalue weighted by molar-refractivity contribution is -0.0587. The number of benzene rings is 3. The highest BCUT2D eigenvalue weighted by molar-refractivity contribution is 5.95. The van der Waals surface area contributed by atoms with Crippen molar-refractivity contribution < 1.29 is 24.1 Å². The van der Waals surface area contributed by atoms with E-state index in [4.69, 9.17) is 24.3 Å². The van der Waals surface area contributed by atoms with Crippen LogP contribution in [0.3, 0.4) is 0 Å². The first kappa shape index (κ1) is 29.6. The van der Waals surface area contributed by atoms with Crippen LogP contribution < -0.4 is 14.2 Å². The molecule has 1 aliphatic carbocycles. The summed E-state index contributed by atoms with van der Waals surface area (Å²) in [6.07, 6.45) is 2.13. The highest BCUT2D eigenvalue weighted by Crippen LogP contribution is 2.47. The number of carbonyl (C=O) groups is 1. The highest BCUT2D eigenvalue weighted by atomic mass is 16.5. The standard InChI is InChI=1S/C37H38N4O5/c1-25-20-37(23-41(24-37)36(42)43)18-17-32(25)46-28-13-14-29-31(19-28)40(2)39-34(29)30-15-16-33(44-21-26-9-5-3-6-10-26)38-35(30)45-22-27-11-7-4-8-12-27/h3-16,19,25,32H,17-18,20-24H2,1-2H3,(H,42,43)/t25-,32-/m1/s1. The first-order valence-electron chi connectivity index (χ1n) is 15.8. The van der Waals surface area contributed by atoms with Gasteiger partial charge in [0.15, 0.2) is 0 Å². The number of ether oxygens (including phenoxy) is 3. The molecule has 1 aliphatic heterocycles. The predicted molar refractivity (Wildman–Crippen MR) is 175 cm³/mol. The second-order valence-electron chi connectivity index (χ2n) is 12.7. The van der Waals surface area contributed by atoms with E-state index in [9.17, 15) is 9.90 Å². The molecule has 0 unspecified atom stereocenters. The van der Waals surface area contributed by atoms with Gasteiger partial charge < -0.3 is 24.2 Å². The van der Waals surface area contributed by atoms with E-state index in [0.717, 1.165) is 58.3 Å². The Hall–Kier alpha value is -5.05. The molecule has 2 atom stereocenters. The Morgan fingerprint density at radius 2 is 1.63 bits per heavy atom. The van der Waals surface area contributed by atoms with Crippen LogP contribution in [0.2, 0.25) is 0 Å². The normalized spacial score (nSPS) is 18.7. The van der Waals surface area contributed by atoms with Gasteiger partial charge in [-0.25, -0.2) is 4.79 Å². The zero-order valence-electron chi connectivity index (χ0n) is 26.1. The molecule has 0 radical (unpaired) electrons. The van der Waals surface area contributed by atoms with Crippen LogP contribution in [0.1, 0.15) is 37.3 Å². The van der Waals surface area contributed by atoms with Gasteiger partial charge in [-0.3, -0.25) is 4.68 Å². The lowest BCUT2D eigenvalue weighted by Crippen LogP contribution is -2.60. The molecule has 7 rings (SSSR count). The SMILES string of the molecule is C[C@@H]1CC2(CC[C@H]1Oc1ccc3c(-c4ccc(OCc5ccccc5)nc4OCc4ccccc4)nn(C)c3c1)CN(C(=O)O)C2. The van der Waals surface area contributed by atoms with Gasteiger partial charge in [-0.1, -0.05) is 67.6 Å². The maximum atomic E-state index is 11.3. The Balaban J connectivity index is 1.12. The fourth-order valence-electron chi connectivity index (χ4n) is 6.95. The van der Waals surface area contributed by atoms with Crippen molar-refractivity contribution in [1.29, 1.82) is 0 Å². The van der Waals surface area contributed by atoms with E-state index in [1.165, 1.54) is 4.90 Å². The molecule has 5 aromatic rings. The molecular weight excluding hydrogens is 580 g/mol. The van der Waals surface area contributed by atoms with Crippen LogP contribution >= 0.6 is 0 Å². The highest BCUT2D eigenvalue weighted by Gasteiger charge is 2.49. The molecule has 3 aromatic carbocycles. The van der Waals surface area contributed by atoms with Crippen molar-refractivity contribution in [2.24, 2.45) is 18.4 Å². The Bertz CT molecular complexity index is 1840. The molecule has 9 heteroatoms. The average Bonchev–Trinajstić information content (AvgIpc) is 3.38. The van der Waals surface area contributed by atoms with E-state index in [1.54, 1.807) is 0 Å². The summed E-state index contributed by atoms with van der Waals surface area (Å²) in [5.74, 6) is 2.07. The second kappa shape index (κ2) is 12.4. The van der Waals surface area contributed by atoms with Gasteiger partial charge in [-0.05, 0) is 54.5 Å².